The predicted molar refractivity (Wildman–Crippen MR) is 71.4 cm³/mol. The Morgan fingerprint density at radius 2 is 2.28 bits per heavy atom. The van der Waals surface area contributed by atoms with Crippen LogP contribution in [0.1, 0.15) is 43.4 Å². The van der Waals surface area contributed by atoms with Gasteiger partial charge in [0.1, 0.15) is 6.10 Å². The van der Waals surface area contributed by atoms with Crippen molar-refractivity contribution in [2.45, 2.75) is 38.7 Å². The lowest BCUT2D eigenvalue weighted by Crippen LogP contribution is -2.21. The highest BCUT2D eigenvalue weighted by Gasteiger charge is 2.22. The molecule has 0 aliphatic heterocycles. The molecule has 1 N–H and O–H groups in total. The minimum Gasteiger partial charge on any atom is -0.457 e. The van der Waals surface area contributed by atoms with Crippen LogP contribution in [0.4, 0.5) is 0 Å². The molecule has 0 fully saturated rings. The Hall–Kier alpha value is -1.35. The topological polar surface area (TPSA) is 38.3 Å². The number of benzene rings is 1. The molecule has 0 spiro atoms. The lowest BCUT2D eigenvalue weighted by Gasteiger charge is -2.25. The van der Waals surface area contributed by atoms with Gasteiger partial charge in [-0.3, -0.25) is 4.79 Å². The number of fused-ring (bicyclic) bond motifs is 1. The molecule has 1 unspecified atom stereocenters. The van der Waals surface area contributed by atoms with Gasteiger partial charge in [-0.25, -0.2) is 0 Å². The number of rotatable bonds is 5. The van der Waals surface area contributed by atoms with Gasteiger partial charge in [-0.1, -0.05) is 31.2 Å². The first-order valence-corrected chi connectivity index (χ1v) is 6.79. The van der Waals surface area contributed by atoms with Crippen molar-refractivity contribution in [3.05, 3.63) is 35.4 Å². The largest absolute Gasteiger partial charge is 0.457 e. The van der Waals surface area contributed by atoms with Crippen LogP contribution in [0.2, 0.25) is 0 Å². The van der Waals surface area contributed by atoms with Gasteiger partial charge < -0.3 is 10.1 Å². The molecule has 98 valence electrons. The molecule has 0 amide bonds. The molecular weight excluding hydrogens is 226 g/mol. The molecule has 0 aromatic heterocycles. The Morgan fingerprint density at radius 3 is 3.11 bits per heavy atom. The molecule has 1 atom stereocenters. The summed E-state index contributed by atoms with van der Waals surface area (Å²) in [6.45, 7) is 3.62. The lowest BCUT2D eigenvalue weighted by atomic mass is 9.89. The van der Waals surface area contributed by atoms with Gasteiger partial charge in [0.25, 0.3) is 0 Å². The standard InChI is InChI=1S/C15H21NO2/c1-2-16-11-10-15(17)18-14-9-5-7-12-6-3-4-8-13(12)14/h3-4,6,8,14,16H,2,5,7,9-11H2,1H3. The second-order valence-electron chi connectivity index (χ2n) is 4.67. The summed E-state index contributed by atoms with van der Waals surface area (Å²) in [7, 11) is 0. The molecule has 0 saturated heterocycles. The average Bonchev–Trinajstić information content (AvgIpc) is 2.39. The summed E-state index contributed by atoms with van der Waals surface area (Å²) in [6, 6.07) is 8.28. The van der Waals surface area contributed by atoms with Crippen LogP contribution in [0.3, 0.4) is 0 Å². The number of carbonyl (C=O) groups is 1. The van der Waals surface area contributed by atoms with Crippen LogP contribution in [0.25, 0.3) is 0 Å². The van der Waals surface area contributed by atoms with Crippen molar-refractivity contribution in [2.24, 2.45) is 0 Å². The fraction of sp³-hybridized carbons (Fsp3) is 0.533. The van der Waals surface area contributed by atoms with Gasteiger partial charge in [-0.15, -0.1) is 0 Å². The van der Waals surface area contributed by atoms with Gasteiger partial charge >= 0.3 is 5.97 Å². The molecule has 18 heavy (non-hydrogen) atoms. The summed E-state index contributed by atoms with van der Waals surface area (Å²) in [5.74, 6) is -0.0994. The van der Waals surface area contributed by atoms with Crippen molar-refractivity contribution >= 4 is 5.97 Å². The van der Waals surface area contributed by atoms with Crippen LogP contribution in [0.5, 0.6) is 0 Å². The smallest absolute Gasteiger partial charge is 0.307 e. The quantitative estimate of drug-likeness (QED) is 0.642. The van der Waals surface area contributed by atoms with Crippen LogP contribution >= 0.6 is 0 Å². The molecule has 3 heteroatoms. The van der Waals surface area contributed by atoms with Crippen LogP contribution < -0.4 is 5.32 Å². The summed E-state index contributed by atoms with van der Waals surface area (Å²) in [4.78, 5) is 11.7. The van der Waals surface area contributed by atoms with Gasteiger partial charge in [0.15, 0.2) is 0 Å². The highest BCUT2D eigenvalue weighted by molar-refractivity contribution is 5.70. The molecule has 1 aliphatic rings. The maximum Gasteiger partial charge on any atom is 0.307 e. The fourth-order valence-electron chi connectivity index (χ4n) is 2.42. The Labute approximate surface area is 109 Å². The monoisotopic (exact) mass is 247 g/mol. The summed E-state index contributed by atoms with van der Waals surface area (Å²) >= 11 is 0. The van der Waals surface area contributed by atoms with Crippen molar-refractivity contribution in [1.29, 1.82) is 0 Å². The first-order valence-electron chi connectivity index (χ1n) is 6.79. The van der Waals surface area contributed by atoms with Gasteiger partial charge in [0.2, 0.25) is 0 Å². The predicted octanol–water partition coefficient (Wildman–Crippen LogP) is 2.61. The zero-order valence-corrected chi connectivity index (χ0v) is 10.9. The number of ether oxygens (including phenoxy) is 1. The lowest BCUT2D eigenvalue weighted by molar-refractivity contribution is -0.150. The van der Waals surface area contributed by atoms with Crippen LogP contribution in [0.15, 0.2) is 24.3 Å². The van der Waals surface area contributed by atoms with Gasteiger partial charge in [-0.2, -0.15) is 0 Å². The van der Waals surface area contributed by atoms with Gasteiger partial charge in [0, 0.05) is 6.54 Å². The van der Waals surface area contributed by atoms with Gasteiger partial charge in [-0.05, 0) is 36.9 Å². The third-order valence-corrected chi connectivity index (χ3v) is 3.34. The molecule has 1 aliphatic carbocycles. The molecule has 1 aromatic rings. The zero-order chi connectivity index (χ0) is 12.8. The minimum atomic E-state index is -0.0994. The maximum atomic E-state index is 11.7. The molecule has 2 rings (SSSR count). The normalized spacial score (nSPS) is 18.2. The Kier molecular flexibility index (Phi) is 4.76. The first-order chi connectivity index (χ1) is 8.81. The van der Waals surface area contributed by atoms with Crippen LogP contribution in [-0.2, 0) is 16.0 Å². The average molecular weight is 247 g/mol. The van der Waals surface area contributed by atoms with Crippen molar-refractivity contribution in [3.8, 4) is 0 Å². The van der Waals surface area contributed by atoms with E-state index in [1.165, 1.54) is 11.1 Å². The molecule has 0 bridgehead atoms. The molecule has 0 saturated carbocycles. The van der Waals surface area contributed by atoms with E-state index in [2.05, 4.69) is 17.4 Å². The van der Waals surface area contributed by atoms with E-state index in [4.69, 9.17) is 4.74 Å². The summed E-state index contributed by atoms with van der Waals surface area (Å²) < 4.78 is 5.59. The van der Waals surface area contributed by atoms with Crippen LogP contribution in [0, 0.1) is 0 Å². The van der Waals surface area contributed by atoms with E-state index in [1.54, 1.807) is 0 Å². The fourth-order valence-corrected chi connectivity index (χ4v) is 2.42. The number of esters is 1. The third kappa shape index (κ3) is 3.33. The molecular formula is C15H21NO2. The number of aryl methyl sites for hydroxylation is 1. The second kappa shape index (κ2) is 6.55. The van der Waals surface area contributed by atoms with E-state index in [0.717, 1.165) is 25.8 Å². The summed E-state index contributed by atoms with van der Waals surface area (Å²) in [5, 5.41) is 3.13. The Bertz CT molecular complexity index is 403. The zero-order valence-electron chi connectivity index (χ0n) is 10.9. The van der Waals surface area contributed by atoms with Crippen LogP contribution in [-0.4, -0.2) is 19.1 Å². The van der Waals surface area contributed by atoms with E-state index >= 15 is 0 Å². The Balaban J connectivity index is 1.92. The minimum absolute atomic E-state index is 0.0379. The molecule has 0 radical (unpaired) electrons. The molecule has 0 heterocycles. The first kappa shape index (κ1) is 13.1. The third-order valence-electron chi connectivity index (χ3n) is 3.34. The highest BCUT2D eigenvalue weighted by atomic mass is 16.5. The van der Waals surface area contributed by atoms with E-state index < -0.39 is 0 Å². The number of carbonyl (C=O) groups excluding carboxylic acids is 1. The van der Waals surface area contributed by atoms with E-state index in [9.17, 15) is 4.79 Å². The summed E-state index contributed by atoms with van der Waals surface area (Å²) in [5.41, 5.74) is 2.52. The Morgan fingerprint density at radius 1 is 1.44 bits per heavy atom. The number of hydrogen-bond donors (Lipinski definition) is 1. The van der Waals surface area contributed by atoms with Gasteiger partial charge in [0.05, 0.1) is 6.42 Å². The van der Waals surface area contributed by atoms with E-state index in [0.29, 0.717) is 13.0 Å². The molecule has 1 aromatic carbocycles. The van der Waals surface area contributed by atoms with Crippen molar-refractivity contribution in [1.82, 2.24) is 5.32 Å². The SMILES string of the molecule is CCNCCC(=O)OC1CCCc2ccccc21. The van der Waals surface area contributed by atoms with E-state index in [-0.39, 0.29) is 12.1 Å². The number of nitrogens with one attached hydrogen (secondary N) is 1. The van der Waals surface area contributed by atoms with E-state index in [1.807, 2.05) is 19.1 Å². The second-order valence-corrected chi connectivity index (χ2v) is 4.67. The highest BCUT2D eigenvalue weighted by Crippen LogP contribution is 2.32. The number of hydrogen-bond acceptors (Lipinski definition) is 3. The summed E-state index contributed by atoms with van der Waals surface area (Å²) in [6.07, 6.45) is 3.56. The van der Waals surface area contributed by atoms with Crippen molar-refractivity contribution < 1.29 is 9.53 Å². The maximum absolute atomic E-state index is 11.7. The van der Waals surface area contributed by atoms with Crippen molar-refractivity contribution in [2.75, 3.05) is 13.1 Å². The molecule has 3 nitrogen and oxygen atoms in total. The van der Waals surface area contributed by atoms with Crippen molar-refractivity contribution in [3.63, 3.8) is 0 Å².